The molecule has 0 fully saturated rings. The van der Waals surface area contributed by atoms with E-state index in [9.17, 15) is 4.79 Å². The standard InChI is InChI=1S/C15H22O2S/c1-15(2,3)13-7-5-12(6-8-13)11-18-10-9-14(16)17-4/h5-8H,9-11H2,1-4H3. The second kappa shape index (κ2) is 6.83. The Morgan fingerprint density at radius 3 is 2.33 bits per heavy atom. The van der Waals surface area contributed by atoms with Crippen molar-refractivity contribution in [2.24, 2.45) is 0 Å². The lowest BCUT2D eigenvalue weighted by Gasteiger charge is -2.19. The maximum absolute atomic E-state index is 10.9. The third kappa shape index (κ3) is 5.13. The van der Waals surface area contributed by atoms with Gasteiger partial charge in [0.15, 0.2) is 0 Å². The van der Waals surface area contributed by atoms with Crippen molar-refractivity contribution in [3.8, 4) is 0 Å². The van der Waals surface area contributed by atoms with Crippen molar-refractivity contribution in [3.63, 3.8) is 0 Å². The molecule has 0 N–H and O–H groups in total. The lowest BCUT2D eigenvalue weighted by molar-refractivity contribution is -0.140. The summed E-state index contributed by atoms with van der Waals surface area (Å²) in [7, 11) is 1.43. The number of hydrogen-bond donors (Lipinski definition) is 0. The number of benzene rings is 1. The summed E-state index contributed by atoms with van der Waals surface area (Å²) in [5, 5.41) is 0. The van der Waals surface area contributed by atoms with E-state index < -0.39 is 0 Å². The Kier molecular flexibility index (Phi) is 5.73. The molecule has 0 saturated carbocycles. The zero-order valence-electron chi connectivity index (χ0n) is 11.7. The highest BCUT2D eigenvalue weighted by atomic mass is 32.2. The smallest absolute Gasteiger partial charge is 0.306 e. The van der Waals surface area contributed by atoms with Crippen molar-refractivity contribution in [2.45, 2.75) is 38.4 Å². The second-order valence-electron chi connectivity index (χ2n) is 5.33. The first kappa shape index (κ1) is 15.1. The highest BCUT2D eigenvalue weighted by Gasteiger charge is 2.12. The maximum Gasteiger partial charge on any atom is 0.306 e. The fraction of sp³-hybridized carbons (Fsp3) is 0.533. The van der Waals surface area contributed by atoms with Gasteiger partial charge in [-0.3, -0.25) is 4.79 Å². The summed E-state index contributed by atoms with van der Waals surface area (Å²) in [4.78, 5) is 10.9. The van der Waals surface area contributed by atoms with Crippen LogP contribution in [0.5, 0.6) is 0 Å². The topological polar surface area (TPSA) is 26.3 Å². The number of rotatable bonds is 5. The quantitative estimate of drug-likeness (QED) is 0.599. The summed E-state index contributed by atoms with van der Waals surface area (Å²) in [5.74, 6) is 1.63. The van der Waals surface area contributed by atoms with Crippen LogP contribution in [0.1, 0.15) is 38.3 Å². The number of carbonyl (C=O) groups excluding carboxylic acids is 1. The third-order valence-corrected chi connectivity index (χ3v) is 3.80. The molecular formula is C15H22O2S. The van der Waals surface area contributed by atoms with E-state index in [1.54, 1.807) is 11.8 Å². The highest BCUT2D eigenvalue weighted by Crippen LogP contribution is 2.23. The van der Waals surface area contributed by atoms with Crippen molar-refractivity contribution in [2.75, 3.05) is 12.9 Å². The highest BCUT2D eigenvalue weighted by molar-refractivity contribution is 7.98. The third-order valence-electron chi connectivity index (χ3n) is 2.77. The van der Waals surface area contributed by atoms with Crippen LogP contribution in [0, 0.1) is 0 Å². The summed E-state index contributed by atoms with van der Waals surface area (Å²) in [5.41, 5.74) is 2.86. The summed E-state index contributed by atoms with van der Waals surface area (Å²) >= 11 is 1.76. The van der Waals surface area contributed by atoms with E-state index in [4.69, 9.17) is 0 Å². The van der Waals surface area contributed by atoms with Crippen molar-refractivity contribution < 1.29 is 9.53 Å². The van der Waals surface area contributed by atoms with Crippen LogP contribution >= 0.6 is 11.8 Å². The Morgan fingerprint density at radius 1 is 1.22 bits per heavy atom. The van der Waals surface area contributed by atoms with E-state index in [0.717, 1.165) is 11.5 Å². The van der Waals surface area contributed by atoms with Crippen LogP contribution in [-0.2, 0) is 20.7 Å². The van der Waals surface area contributed by atoms with Gasteiger partial charge in [0.1, 0.15) is 0 Å². The first-order valence-corrected chi connectivity index (χ1v) is 7.33. The van der Waals surface area contributed by atoms with Gasteiger partial charge in [-0.25, -0.2) is 0 Å². The van der Waals surface area contributed by atoms with Gasteiger partial charge < -0.3 is 4.74 Å². The van der Waals surface area contributed by atoms with Gasteiger partial charge in [0.2, 0.25) is 0 Å². The summed E-state index contributed by atoms with van der Waals surface area (Å²) < 4.78 is 4.60. The molecule has 0 heterocycles. The molecule has 0 unspecified atom stereocenters. The monoisotopic (exact) mass is 266 g/mol. The zero-order valence-corrected chi connectivity index (χ0v) is 12.5. The fourth-order valence-electron chi connectivity index (χ4n) is 1.55. The minimum atomic E-state index is -0.134. The van der Waals surface area contributed by atoms with Gasteiger partial charge >= 0.3 is 5.97 Å². The van der Waals surface area contributed by atoms with Crippen molar-refractivity contribution in [1.29, 1.82) is 0 Å². The van der Waals surface area contributed by atoms with E-state index in [1.165, 1.54) is 18.2 Å². The maximum atomic E-state index is 10.9. The molecule has 0 atom stereocenters. The molecular weight excluding hydrogens is 244 g/mol. The number of thioether (sulfide) groups is 1. The largest absolute Gasteiger partial charge is 0.469 e. The molecule has 2 nitrogen and oxygen atoms in total. The number of carbonyl (C=O) groups is 1. The average Bonchev–Trinajstić information content (AvgIpc) is 2.33. The van der Waals surface area contributed by atoms with Crippen LogP contribution in [0.15, 0.2) is 24.3 Å². The Hall–Kier alpha value is -0.960. The van der Waals surface area contributed by atoms with Gasteiger partial charge in [0.05, 0.1) is 13.5 Å². The molecule has 0 radical (unpaired) electrons. The van der Waals surface area contributed by atoms with Crippen LogP contribution in [-0.4, -0.2) is 18.8 Å². The first-order chi connectivity index (χ1) is 8.43. The predicted octanol–water partition coefficient (Wildman–Crippen LogP) is 3.78. The molecule has 100 valence electrons. The van der Waals surface area contributed by atoms with Crippen molar-refractivity contribution >= 4 is 17.7 Å². The van der Waals surface area contributed by atoms with Gasteiger partial charge in [0.25, 0.3) is 0 Å². The average molecular weight is 266 g/mol. The Bertz CT molecular complexity index is 376. The molecule has 0 saturated heterocycles. The fourth-order valence-corrected chi connectivity index (χ4v) is 2.43. The Balaban J connectivity index is 2.38. The van der Waals surface area contributed by atoms with E-state index >= 15 is 0 Å². The van der Waals surface area contributed by atoms with Gasteiger partial charge in [0, 0.05) is 11.5 Å². The SMILES string of the molecule is COC(=O)CCSCc1ccc(C(C)(C)C)cc1. The molecule has 0 amide bonds. The first-order valence-electron chi connectivity index (χ1n) is 6.17. The predicted molar refractivity (Wildman–Crippen MR) is 77.9 cm³/mol. The lowest BCUT2D eigenvalue weighted by atomic mass is 9.87. The molecule has 1 aromatic rings. The Morgan fingerprint density at radius 2 is 1.83 bits per heavy atom. The van der Waals surface area contributed by atoms with Crippen LogP contribution in [0.25, 0.3) is 0 Å². The molecule has 1 aromatic carbocycles. The number of methoxy groups -OCH3 is 1. The molecule has 0 spiro atoms. The van der Waals surface area contributed by atoms with Crippen LogP contribution in [0.3, 0.4) is 0 Å². The van der Waals surface area contributed by atoms with Crippen molar-refractivity contribution in [3.05, 3.63) is 35.4 Å². The summed E-state index contributed by atoms with van der Waals surface area (Å²) in [6.07, 6.45) is 0.487. The molecule has 1 rings (SSSR count). The molecule has 0 bridgehead atoms. The minimum absolute atomic E-state index is 0.134. The zero-order chi connectivity index (χ0) is 13.6. The second-order valence-corrected chi connectivity index (χ2v) is 6.43. The van der Waals surface area contributed by atoms with E-state index in [0.29, 0.717) is 6.42 Å². The molecule has 3 heteroatoms. The molecule has 0 aliphatic rings. The number of ether oxygens (including phenoxy) is 1. The molecule has 0 aliphatic carbocycles. The van der Waals surface area contributed by atoms with Gasteiger partial charge in [-0.05, 0) is 16.5 Å². The number of hydrogen-bond acceptors (Lipinski definition) is 3. The van der Waals surface area contributed by atoms with Crippen LogP contribution in [0.4, 0.5) is 0 Å². The molecule has 18 heavy (non-hydrogen) atoms. The number of esters is 1. The normalized spacial score (nSPS) is 11.3. The lowest BCUT2D eigenvalue weighted by Crippen LogP contribution is -2.10. The van der Waals surface area contributed by atoms with E-state index in [2.05, 4.69) is 49.8 Å². The summed E-state index contributed by atoms with van der Waals surface area (Å²) in [6, 6.07) is 8.73. The van der Waals surface area contributed by atoms with Crippen molar-refractivity contribution in [1.82, 2.24) is 0 Å². The van der Waals surface area contributed by atoms with Crippen LogP contribution < -0.4 is 0 Å². The van der Waals surface area contributed by atoms with Gasteiger partial charge in [-0.1, -0.05) is 45.0 Å². The molecule has 0 aliphatic heterocycles. The summed E-state index contributed by atoms with van der Waals surface area (Å²) in [6.45, 7) is 6.65. The van der Waals surface area contributed by atoms with Crippen LogP contribution in [0.2, 0.25) is 0 Å². The molecule has 0 aromatic heterocycles. The van der Waals surface area contributed by atoms with E-state index in [-0.39, 0.29) is 11.4 Å². The van der Waals surface area contributed by atoms with Gasteiger partial charge in [-0.15, -0.1) is 0 Å². The van der Waals surface area contributed by atoms with Gasteiger partial charge in [-0.2, -0.15) is 11.8 Å². The van der Waals surface area contributed by atoms with E-state index in [1.807, 2.05) is 0 Å². The Labute approximate surface area is 114 Å². The minimum Gasteiger partial charge on any atom is -0.469 e.